The standard InChI is InChI=1S/C18H19N3O7/c1-26-14-9-6-12(16(27-2)17(14)28-3)10-15(22)19-20-18(23)11-4-7-13(8-5-11)21(24)25/h4-9H,10H2,1-3H3,(H,19,22)(H,20,23). The van der Waals surface area contributed by atoms with Crippen molar-refractivity contribution in [1.29, 1.82) is 0 Å². The fourth-order valence-electron chi connectivity index (χ4n) is 2.45. The molecule has 0 aromatic heterocycles. The summed E-state index contributed by atoms with van der Waals surface area (Å²) in [6, 6.07) is 8.27. The van der Waals surface area contributed by atoms with Crippen LogP contribution in [0.4, 0.5) is 5.69 Å². The number of carbonyl (C=O) groups is 2. The number of non-ortho nitro benzene ring substituents is 1. The largest absolute Gasteiger partial charge is 0.493 e. The summed E-state index contributed by atoms with van der Waals surface area (Å²) in [4.78, 5) is 34.3. The number of hydrazine groups is 1. The quantitative estimate of drug-likeness (QED) is 0.544. The van der Waals surface area contributed by atoms with E-state index in [1.165, 1.54) is 45.6 Å². The van der Waals surface area contributed by atoms with Crippen molar-refractivity contribution in [3.8, 4) is 17.2 Å². The summed E-state index contributed by atoms with van der Waals surface area (Å²) >= 11 is 0. The van der Waals surface area contributed by atoms with Gasteiger partial charge in [-0.3, -0.25) is 30.6 Å². The third-order valence-corrected chi connectivity index (χ3v) is 3.79. The lowest BCUT2D eigenvalue weighted by Crippen LogP contribution is -2.42. The molecule has 10 heteroatoms. The summed E-state index contributed by atoms with van der Waals surface area (Å²) in [5.74, 6) is 0.0437. The molecule has 148 valence electrons. The lowest BCUT2D eigenvalue weighted by molar-refractivity contribution is -0.384. The smallest absolute Gasteiger partial charge is 0.269 e. The second-order valence-corrected chi connectivity index (χ2v) is 5.48. The number of rotatable bonds is 7. The lowest BCUT2D eigenvalue weighted by Gasteiger charge is -2.15. The molecule has 0 heterocycles. The van der Waals surface area contributed by atoms with E-state index in [2.05, 4.69) is 10.9 Å². The summed E-state index contributed by atoms with van der Waals surface area (Å²) in [5.41, 5.74) is 5.09. The number of hydrogen-bond acceptors (Lipinski definition) is 7. The van der Waals surface area contributed by atoms with Gasteiger partial charge in [0.15, 0.2) is 11.5 Å². The van der Waals surface area contributed by atoms with E-state index >= 15 is 0 Å². The van der Waals surface area contributed by atoms with Gasteiger partial charge < -0.3 is 14.2 Å². The first-order valence-electron chi connectivity index (χ1n) is 8.02. The molecule has 2 amide bonds. The fraction of sp³-hybridized carbons (Fsp3) is 0.222. The highest BCUT2D eigenvalue weighted by Gasteiger charge is 2.18. The lowest BCUT2D eigenvalue weighted by atomic mass is 10.1. The van der Waals surface area contributed by atoms with Gasteiger partial charge in [0, 0.05) is 23.3 Å². The van der Waals surface area contributed by atoms with Crippen LogP contribution < -0.4 is 25.1 Å². The van der Waals surface area contributed by atoms with E-state index in [1.807, 2.05) is 0 Å². The van der Waals surface area contributed by atoms with Gasteiger partial charge in [0.2, 0.25) is 11.7 Å². The third kappa shape index (κ3) is 4.67. The summed E-state index contributed by atoms with van der Waals surface area (Å²) in [5, 5.41) is 10.6. The molecule has 0 atom stereocenters. The maximum Gasteiger partial charge on any atom is 0.269 e. The minimum atomic E-state index is -0.609. The summed E-state index contributed by atoms with van der Waals surface area (Å²) < 4.78 is 15.8. The molecule has 0 aliphatic heterocycles. The molecular weight excluding hydrogens is 370 g/mol. The minimum Gasteiger partial charge on any atom is -0.493 e. The van der Waals surface area contributed by atoms with Crippen LogP contribution in [-0.2, 0) is 11.2 Å². The van der Waals surface area contributed by atoms with Crippen molar-refractivity contribution >= 4 is 17.5 Å². The van der Waals surface area contributed by atoms with Gasteiger partial charge in [-0.25, -0.2) is 0 Å². The second-order valence-electron chi connectivity index (χ2n) is 5.48. The molecule has 0 radical (unpaired) electrons. The van der Waals surface area contributed by atoms with Crippen molar-refractivity contribution in [3.63, 3.8) is 0 Å². The molecule has 10 nitrogen and oxygen atoms in total. The van der Waals surface area contributed by atoms with Crippen molar-refractivity contribution in [2.75, 3.05) is 21.3 Å². The maximum absolute atomic E-state index is 12.2. The van der Waals surface area contributed by atoms with Gasteiger partial charge in [-0.05, 0) is 18.2 Å². The number of carbonyl (C=O) groups excluding carboxylic acids is 2. The number of hydrogen-bond donors (Lipinski definition) is 2. The first-order chi connectivity index (χ1) is 13.4. The van der Waals surface area contributed by atoms with Crippen molar-refractivity contribution in [2.45, 2.75) is 6.42 Å². The van der Waals surface area contributed by atoms with Crippen LogP contribution in [0.1, 0.15) is 15.9 Å². The zero-order valence-electron chi connectivity index (χ0n) is 15.5. The van der Waals surface area contributed by atoms with Gasteiger partial charge in [0.1, 0.15) is 0 Å². The molecule has 28 heavy (non-hydrogen) atoms. The van der Waals surface area contributed by atoms with Crippen LogP contribution in [-0.4, -0.2) is 38.1 Å². The Morgan fingerprint density at radius 1 is 0.929 bits per heavy atom. The monoisotopic (exact) mass is 389 g/mol. The van der Waals surface area contributed by atoms with E-state index in [4.69, 9.17) is 14.2 Å². The Bertz CT molecular complexity index is 881. The van der Waals surface area contributed by atoms with E-state index < -0.39 is 16.7 Å². The number of amides is 2. The molecule has 2 aromatic rings. The Balaban J connectivity index is 2.02. The number of benzene rings is 2. The van der Waals surface area contributed by atoms with Gasteiger partial charge in [0.05, 0.1) is 32.7 Å². The number of ether oxygens (including phenoxy) is 3. The van der Waals surface area contributed by atoms with Gasteiger partial charge in [-0.1, -0.05) is 6.07 Å². The predicted octanol–water partition coefficient (Wildman–Crippen LogP) is 1.62. The van der Waals surface area contributed by atoms with E-state index in [0.717, 1.165) is 0 Å². The summed E-state index contributed by atoms with van der Waals surface area (Å²) in [6.45, 7) is 0. The van der Waals surface area contributed by atoms with Crippen LogP contribution >= 0.6 is 0 Å². The molecule has 2 N–H and O–H groups in total. The molecule has 2 rings (SSSR count). The molecule has 0 saturated heterocycles. The maximum atomic E-state index is 12.2. The Hall–Kier alpha value is -3.82. The highest BCUT2D eigenvalue weighted by atomic mass is 16.6. The molecule has 0 aliphatic carbocycles. The van der Waals surface area contributed by atoms with E-state index in [1.54, 1.807) is 12.1 Å². The molecule has 0 spiro atoms. The van der Waals surface area contributed by atoms with Crippen LogP contribution in [0, 0.1) is 10.1 Å². The number of nitrogens with one attached hydrogen (secondary N) is 2. The summed E-state index contributed by atoms with van der Waals surface area (Å²) in [7, 11) is 4.38. The minimum absolute atomic E-state index is 0.0932. The zero-order chi connectivity index (χ0) is 20.7. The zero-order valence-corrected chi connectivity index (χ0v) is 15.5. The van der Waals surface area contributed by atoms with Gasteiger partial charge >= 0.3 is 0 Å². The Morgan fingerprint density at radius 2 is 1.57 bits per heavy atom. The normalized spacial score (nSPS) is 9.96. The molecule has 0 aliphatic rings. The molecular formula is C18H19N3O7. The van der Waals surface area contributed by atoms with Crippen molar-refractivity contribution in [1.82, 2.24) is 10.9 Å². The Kier molecular flexibility index (Phi) is 6.74. The van der Waals surface area contributed by atoms with Crippen LogP contribution in [0.25, 0.3) is 0 Å². The van der Waals surface area contributed by atoms with Crippen molar-refractivity contribution in [3.05, 3.63) is 57.6 Å². The molecule has 2 aromatic carbocycles. The van der Waals surface area contributed by atoms with Crippen LogP contribution in [0.2, 0.25) is 0 Å². The van der Waals surface area contributed by atoms with Crippen LogP contribution in [0.5, 0.6) is 17.2 Å². The average Bonchev–Trinajstić information content (AvgIpc) is 2.71. The number of nitrogens with zero attached hydrogens (tertiary/aromatic N) is 1. The number of methoxy groups -OCH3 is 3. The molecule has 0 saturated carbocycles. The molecule has 0 unspecified atom stereocenters. The second kappa shape index (κ2) is 9.21. The topological polar surface area (TPSA) is 129 Å². The van der Waals surface area contributed by atoms with E-state index in [-0.39, 0.29) is 17.7 Å². The number of nitro groups is 1. The first kappa shape index (κ1) is 20.5. The fourth-order valence-corrected chi connectivity index (χ4v) is 2.45. The van der Waals surface area contributed by atoms with E-state index in [0.29, 0.717) is 22.8 Å². The SMILES string of the molecule is COc1ccc(CC(=O)NNC(=O)c2ccc([N+](=O)[O-])cc2)c(OC)c1OC. The van der Waals surface area contributed by atoms with Gasteiger partial charge in [-0.15, -0.1) is 0 Å². The Morgan fingerprint density at radius 3 is 2.11 bits per heavy atom. The van der Waals surface area contributed by atoms with Gasteiger partial charge in [0.25, 0.3) is 11.6 Å². The predicted molar refractivity (Wildman–Crippen MR) is 98.5 cm³/mol. The number of nitro benzene ring substituents is 1. The van der Waals surface area contributed by atoms with Crippen molar-refractivity contribution < 1.29 is 28.7 Å². The van der Waals surface area contributed by atoms with E-state index in [9.17, 15) is 19.7 Å². The first-order valence-corrected chi connectivity index (χ1v) is 8.02. The van der Waals surface area contributed by atoms with Gasteiger partial charge in [-0.2, -0.15) is 0 Å². The summed E-state index contributed by atoms with van der Waals surface area (Å²) in [6.07, 6.45) is -0.0932. The molecule has 0 bridgehead atoms. The van der Waals surface area contributed by atoms with Crippen LogP contribution in [0.15, 0.2) is 36.4 Å². The highest BCUT2D eigenvalue weighted by Crippen LogP contribution is 2.39. The van der Waals surface area contributed by atoms with Crippen molar-refractivity contribution in [2.24, 2.45) is 0 Å². The Labute approximate surface area is 160 Å². The molecule has 0 fully saturated rings. The third-order valence-electron chi connectivity index (χ3n) is 3.79. The average molecular weight is 389 g/mol. The van der Waals surface area contributed by atoms with Crippen LogP contribution in [0.3, 0.4) is 0 Å². The highest BCUT2D eigenvalue weighted by molar-refractivity contribution is 5.95.